The number of methoxy groups -OCH3 is 1. The number of carbonyl (C=O) groups excluding carboxylic acids is 1. The van der Waals surface area contributed by atoms with Crippen LogP contribution in [0.1, 0.15) is 34.3 Å². The summed E-state index contributed by atoms with van der Waals surface area (Å²) in [5.41, 5.74) is 8.58. The third-order valence-electron chi connectivity index (χ3n) is 6.63. The van der Waals surface area contributed by atoms with Crippen molar-refractivity contribution in [2.45, 2.75) is 31.8 Å². The van der Waals surface area contributed by atoms with Crippen molar-refractivity contribution in [2.75, 3.05) is 25.1 Å². The van der Waals surface area contributed by atoms with Gasteiger partial charge in [-0.3, -0.25) is 9.59 Å². The molecule has 3 heterocycles. The van der Waals surface area contributed by atoms with Crippen LogP contribution in [0.3, 0.4) is 0 Å². The standard InChI is InChI=1S/C27H28ClN5O3/c1-36-21-9-4-7-19(14-21)24(34)17-32-12-13-33-25(27(32)35)22(15-18-6-2-3-10-23(18)28)26(30-33)31-11-5-8-20(29)16-31/h2-4,6-7,9-10,12-14,20H,5,8,11,15-17,29H2,1H3/t20-/m1/s1. The summed E-state index contributed by atoms with van der Waals surface area (Å²) in [6.07, 6.45) is 5.68. The number of halogens is 1. The topological polar surface area (TPSA) is 94.9 Å². The molecule has 1 atom stereocenters. The third-order valence-corrected chi connectivity index (χ3v) is 7.00. The highest BCUT2D eigenvalue weighted by Crippen LogP contribution is 2.29. The first-order valence-electron chi connectivity index (χ1n) is 12.0. The first-order valence-corrected chi connectivity index (χ1v) is 12.3. The number of anilines is 1. The summed E-state index contributed by atoms with van der Waals surface area (Å²) >= 11 is 6.49. The molecule has 9 heteroatoms. The van der Waals surface area contributed by atoms with E-state index in [2.05, 4.69) is 4.90 Å². The lowest BCUT2D eigenvalue weighted by molar-refractivity contribution is 0.0970. The van der Waals surface area contributed by atoms with E-state index < -0.39 is 0 Å². The maximum atomic E-state index is 13.7. The zero-order valence-corrected chi connectivity index (χ0v) is 20.8. The molecule has 2 aromatic carbocycles. The van der Waals surface area contributed by atoms with Gasteiger partial charge in [-0.1, -0.05) is 41.9 Å². The van der Waals surface area contributed by atoms with E-state index in [1.807, 2.05) is 24.3 Å². The van der Waals surface area contributed by atoms with E-state index in [9.17, 15) is 9.59 Å². The van der Waals surface area contributed by atoms with E-state index >= 15 is 0 Å². The number of Topliss-reactive ketones (excluding diaryl/α,β-unsaturated/α-hetero) is 1. The second kappa shape index (κ2) is 10.2. The smallest absolute Gasteiger partial charge is 0.277 e. The SMILES string of the molecule is COc1cccc(C(=O)Cn2ccn3nc(N4CCC[C@@H](N)C4)c(Cc4ccccc4Cl)c3c2=O)c1. The number of hydrogen-bond donors (Lipinski definition) is 1. The molecule has 0 radical (unpaired) electrons. The Hall–Kier alpha value is -3.62. The molecular formula is C27H28ClN5O3. The number of hydrogen-bond acceptors (Lipinski definition) is 6. The van der Waals surface area contributed by atoms with Crippen LogP contribution in [-0.2, 0) is 13.0 Å². The summed E-state index contributed by atoms with van der Waals surface area (Å²) in [6, 6.07) is 14.6. The normalized spacial score (nSPS) is 15.9. The Morgan fingerprint density at radius 2 is 2.03 bits per heavy atom. The van der Waals surface area contributed by atoms with Crippen LogP contribution in [0.15, 0.2) is 65.7 Å². The Bertz CT molecular complexity index is 1480. The molecular weight excluding hydrogens is 478 g/mol. The Kier molecular flexibility index (Phi) is 6.80. The molecule has 0 spiro atoms. The van der Waals surface area contributed by atoms with Crippen molar-refractivity contribution >= 4 is 28.7 Å². The predicted octanol–water partition coefficient (Wildman–Crippen LogP) is 3.56. The van der Waals surface area contributed by atoms with Crippen LogP contribution in [-0.4, -0.2) is 46.2 Å². The Balaban J connectivity index is 1.58. The fourth-order valence-corrected chi connectivity index (χ4v) is 4.96. The number of aromatic nitrogens is 3. The van der Waals surface area contributed by atoms with Crippen molar-refractivity contribution in [3.63, 3.8) is 0 Å². The van der Waals surface area contributed by atoms with Crippen molar-refractivity contribution in [3.05, 3.63) is 93.0 Å². The average molecular weight is 506 g/mol. The molecule has 2 aromatic heterocycles. The van der Waals surface area contributed by atoms with Gasteiger partial charge in [0, 0.05) is 54.1 Å². The van der Waals surface area contributed by atoms with Crippen LogP contribution in [0.25, 0.3) is 5.52 Å². The van der Waals surface area contributed by atoms with E-state index in [1.165, 1.54) is 4.57 Å². The van der Waals surface area contributed by atoms with Gasteiger partial charge in [0.2, 0.25) is 0 Å². The van der Waals surface area contributed by atoms with Crippen molar-refractivity contribution in [1.82, 2.24) is 14.2 Å². The fourth-order valence-electron chi connectivity index (χ4n) is 4.76. The van der Waals surface area contributed by atoms with Crippen molar-refractivity contribution in [3.8, 4) is 5.75 Å². The number of piperidine rings is 1. The summed E-state index contributed by atoms with van der Waals surface area (Å²) in [5.74, 6) is 1.14. The maximum absolute atomic E-state index is 13.7. The fraction of sp³-hybridized carbons (Fsp3) is 0.296. The van der Waals surface area contributed by atoms with Gasteiger partial charge >= 0.3 is 0 Å². The summed E-state index contributed by atoms with van der Waals surface area (Å²) in [5, 5.41) is 5.42. The number of ketones is 1. The second-order valence-electron chi connectivity index (χ2n) is 9.10. The number of rotatable bonds is 7. The lowest BCUT2D eigenvalue weighted by Crippen LogP contribution is -2.43. The zero-order chi connectivity index (χ0) is 25.2. The van der Waals surface area contributed by atoms with E-state index in [4.69, 9.17) is 27.2 Å². The molecule has 1 aliphatic rings. The maximum Gasteiger partial charge on any atom is 0.277 e. The molecule has 2 N–H and O–H groups in total. The third kappa shape index (κ3) is 4.74. The number of nitrogens with zero attached hydrogens (tertiary/aromatic N) is 4. The number of benzene rings is 2. The van der Waals surface area contributed by atoms with Crippen molar-refractivity contribution < 1.29 is 9.53 Å². The van der Waals surface area contributed by atoms with Crippen LogP contribution in [0, 0.1) is 0 Å². The molecule has 0 unspecified atom stereocenters. The van der Waals surface area contributed by atoms with Crippen molar-refractivity contribution in [2.24, 2.45) is 5.73 Å². The summed E-state index contributed by atoms with van der Waals surface area (Å²) in [7, 11) is 1.55. The first kappa shape index (κ1) is 24.1. The van der Waals surface area contributed by atoms with Gasteiger partial charge < -0.3 is 19.9 Å². The van der Waals surface area contributed by atoms with E-state index in [1.54, 1.807) is 48.3 Å². The lowest BCUT2D eigenvalue weighted by atomic mass is 10.0. The van der Waals surface area contributed by atoms with Crippen molar-refractivity contribution in [1.29, 1.82) is 0 Å². The Morgan fingerprint density at radius 3 is 2.81 bits per heavy atom. The summed E-state index contributed by atoms with van der Waals surface area (Å²) in [6.45, 7) is 1.39. The highest BCUT2D eigenvalue weighted by molar-refractivity contribution is 6.31. The number of carbonyl (C=O) groups is 1. The summed E-state index contributed by atoms with van der Waals surface area (Å²) in [4.78, 5) is 28.9. The van der Waals surface area contributed by atoms with Gasteiger partial charge in [-0.15, -0.1) is 5.10 Å². The molecule has 8 nitrogen and oxygen atoms in total. The molecule has 0 amide bonds. The molecule has 0 aliphatic carbocycles. The van der Waals surface area contributed by atoms with E-state index in [0.717, 1.165) is 36.3 Å². The van der Waals surface area contributed by atoms with Gasteiger partial charge in [-0.2, -0.15) is 0 Å². The van der Waals surface area contributed by atoms with Gasteiger partial charge in [0.25, 0.3) is 5.56 Å². The second-order valence-corrected chi connectivity index (χ2v) is 9.51. The summed E-state index contributed by atoms with van der Waals surface area (Å²) < 4.78 is 8.27. The average Bonchev–Trinajstić information content (AvgIpc) is 3.26. The molecule has 36 heavy (non-hydrogen) atoms. The van der Waals surface area contributed by atoms with E-state index in [0.29, 0.717) is 34.8 Å². The van der Waals surface area contributed by atoms with Gasteiger partial charge in [-0.05, 0) is 36.6 Å². The Morgan fingerprint density at radius 1 is 1.19 bits per heavy atom. The number of ether oxygens (including phenoxy) is 1. The van der Waals surface area contributed by atoms with Crippen LogP contribution in [0.4, 0.5) is 5.82 Å². The molecule has 0 bridgehead atoms. The van der Waals surface area contributed by atoms with Gasteiger partial charge in [-0.25, -0.2) is 4.52 Å². The predicted molar refractivity (Wildman–Crippen MR) is 140 cm³/mol. The molecule has 186 valence electrons. The van der Waals surface area contributed by atoms with Gasteiger partial charge in [0.05, 0.1) is 13.7 Å². The van der Waals surface area contributed by atoms with Crippen LogP contribution >= 0.6 is 11.6 Å². The highest BCUT2D eigenvalue weighted by Gasteiger charge is 2.26. The number of nitrogens with two attached hydrogens (primary N) is 1. The molecule has 1 aliphatic heterocycles. The van der Waals surface area contributed by atoms with Gasteiger partial charge in [0.15, 0.2) is 11.6 Å². The molecule has 0 saturated carbocycles. The molecule has 5 rings (SSSR count). The van der Waals surface area contributed by atoms with Crippen LogP contribution in [0.5, 0.6) is 5.75 Å². The lowest BCUT2D eigenvalue weighted by Gasteiger charge is -2.31. The quantitative estimate of drug-likeness (QED) is 0.386. The highest BCUT2D eigenvalue weighted by atomic mass is 35.5. The molecule has 4 aromatic rings. The molecule has 1 saturated heterocycles. The Labute approximate surface area is 213 Å². The minimum Gasteiger partial charge on any atom is -0.497 e. The largest absolute Gasteiger partial charge is 0.497 e. The van der Waals surface area contributed by atoms with Crippen LogP contribution < -0.4 is 20.9 Å². The van der Waals surface area contributed by atoms with Gasteiger partial charge in [0.1, 0.15) is 11.3 Å². The zero-order valence-electron chi connectivity index (χ0n) is 20.1. The first-order chi connectivity index (χ1) is 17.4. The van der Waals surface area contributed by atoms with E-state index in [-0.39, 0.29) is 23.9 Å². The number of fused-ring (bicyclic) bond motifs is 1. The van der Waals surface area contributed by atoms with Crippen LogP contribution in [0.2, 0.25) is 5.02 Å². The molecule has 1 fully saturated rings. The minimum absolute atomic E-state index is 0.0499. The minimum atomic E-state index is -0.282. The monoisotopic (exact) mass is 505 g/mol.